The van der Waals surface area contributed by atoms with Gasteiger partial charge in [-0.2, -0.15) is 4.89 Å². The maximum atomic E-state index is 10.8. The van der Waals surface area contributed by atoms with Crippen molar-refractivity contribution in [3.63, 3.8) is 0 Å². The molecule has 0 aromatic heterocycles. The summed E-state index contributed by atoms with van der Waals surface area (Å²) >= 11 is 0. The molecular formula is C8H12O6. The smallest absolute Gasteiger partial charge is 0.412 e. The number of Topliss-reactive ketones (excluding diaryl/α,β-unsaturated/α-hetero) is 1. The molecule has 0 radical (unpaired) electrons. The van der Waals surface area contributed by atoms with Crippen LogP contribution in [0.4, 0.5) is 0 Å². The molecule has 0 aliphatic heterocycles. The van der Waals surface area contributed by atoms with Crippen LogP contribution in [-0.4, -0.2) is 30.4 Å². The van der Waals surface area contributed by atoms with Crippen LogP contribution in [0.5, 0.6) is 0 Å². The van der Waals surface area contributed by atoms with Gasteiger partial charge in [0.2, 0.25) is 0 Å². The summed E-state index contributed by atoms with van der Waals surface area (Å²) in [7, 11) is 0. The summed E-state index contributed by atoms with van der Waals surface area (Å²) in [6.45, 7) is 3.76. The van der Waals surface area contributed by atoms with E-state index in [4.69, 9.17) is 0 Å². The minimum Gasteiger partial charge on any atom is -0.457 e. The molecule has 0 aromatic rings. The van der Waals surface area contributed by atoms with Crippen molar-refractivity contribution in [2.24, 2.45) is 0 Å². The van der Waals surface area contributed by atoms with E-state index < -0.39 is 24.3 Å². The van der Waals surface area contributed by atoms with E-state index in [1.807, 2.05) is 0 Å². The summed E-state index contributed by atoms with van der Waals surface area (Å²) in [4.78, 5) is 40.4. The van der Waals surface area contributed by atoms with Gasteiger partial charge in [-0.1, -0.05) is 0 Å². The molecule has 0 aliphatic carbocycles. The molecule has 14 heavy (non-hydrogen) atoms. The molecule has 0 heterocycles. The quantitative estimate of drug-likeness (QED) is 0.271. The number of hydrogen-bond donors (Lipinski definition) is 0. The van der Waals surface area contributed by atoms with Crippen LogP contribution in [0.15, 0.2) is 0 Å². The summed E-state index contributed by atoms with van der Waals surface area (Å²) in [5.41, 5.74) is 0. The van der Waals surface area contributed by atoms with Gasteiger partial charge < -0.3 is 4.74 Å². The Kier molecular flexibility index (Phi) is 5.47. The van der Waals surface area contributed by atoms with Gasteiger partial charge in [0.1, 0.15) is 0 Å². The van der Waals surface area contributed by atoms with E-state index in [0.717, 1.165) is 6.92 Å². The van der Waals surface area contributed by atoms with Gasteiger partial charge in [0.15, 0.2) is 6.61 Å². The Bertz CT molecular complexity index is 232. The number of hydrogen-bond acceptors (Lipinski definition) is 6. The predicted molar refractivity (Wildman–Crippen MR) is 44.0 cm³/mol. The number of rotatable bonds is 5. The van der Waals surface area contributed by atoms with Gasteiger partial charge in [0.25, 0.3) is 5.78 Å². The second kappa shape index (κ2) is 6.09. The van der Waals surface area contributed by atoms with Crippen LogP contribution >= 0.6 is 0 Å². The van der Waals surface area contributed by atoms with E-state index in [2.05, 4.69) is 14.5 Å². The largest absolute Gasteiger partial charge is 0.457 e. The molecule has 0 fully saturated rings. The summed E-state index contributed by atoms with van der Waals surface area (Å²) in [6, 6.07) is 0. The fourth-order valence-electron chi connectivity index (χ4n) is 0.413. The van der Waals surface area contributed by atoms with Crippen molar-refractivity contribution in [1.29, 1.82) is 0 Å². The Hall–Kier alpha value is -1.43. The van der Waals surface area contributed by atoms with E-state index >= 15 is 0 Å². The van der Waals surface area contributed by atoms with Crippen LogP contribution in [0, 0.1) is 0 Å². The summed E-state index contributed by atoms with van der Waals surface area (Å²) in [5.74, 6) is -2.79. The molecule has 0 unspecified atom stereocenters. The SMILES string of the molecule is CC(=O)OCC(=O)C(=O)OOC(C)C. The van der Waals surface area contributed by atoms with Crippen molar-refractivity contribution in [3.8, 4) is 0 Å². The molecule has 0 aromatic carbocycles. The van der Waals surface area contributed by atoms with Crippen molar-refractivity contribution in [1.82, 2.24) is 0 Å². The first kappa shape index (κ1) is 12.6. The molecule has 6 nitrogen and oxygen atoms in total. The van der Waals surface area contributed by atoms with Gasteiger partial charge in [-0.05, 0) is 13.8 Å². The van der Waals surface area contributed by atoms with Crippen molar-refractivity contribution < 1.29 is 28.9 Å². The lowest BCUT2D eigenvalue weighted by atomic mass is 10.4. The molecule has 0 saturated carbocycles. The van der Waals surface area contributed by atoms with Crippen molar-refractivity contribution in [2.75, 3.05) is 6.61 Å². The average Bonchev–Trinajstić information content (AvgIpc) is 2.09. The van der Waals surface area contributed by atoms with Crippen LogP contribution in [-0.2, 0) is 28.9 Å². The highest BCUT2D eigenvalue weighted by Gasteiger charge is 2.18. The molecule has 6 heteroatoms. The van der Waals surface area contributed by atoms with Gasteiger partial charge in [-0.15, -0.1) is 0 Å². The highest BCUT2D eigenvalue weighted by atomic mass is 17.2. The monoisotopic (exact) mass is 204 g/mol. The zero-order valence-electron chi connectivity index (χ0n) is 8.23. The average molecular weight is 204 g/mol. The van der Waals surface area contributed by atoms with Crippen LogP contribution in [0.25, 0.3) is 0 Å². The van der Waals surface area contributed by atoms with E-state index in [0.29, 0.717) is 0 Å². The van der Waals surface area contributed by atoms with Crippen LogP contribution in [0.3, 0.4) is 0 Å². The zero-order chi connectivity index (χ0) is 11.1. The molecule has 0 spiro atoms. The topological polar surface area (TPSA) is 78.9 Å². The number of carbonyl (C=O) groups excluding carboxylic acids is 3. The van der Waals surface area contributed by atoms with E-state index in [1.54, 1.807) is 13.8 Å². The Labute approximate surface area is 81.0 Å². The minimum absolute atomic E-state index is 0.333. The lowest BCUT2D eigenvalue weighted by molar-refractivity contribution is -0.288. The van der Waals surface area contributed by atoms with E-state index in [9.17, 15) is 14.4 Å². The lowest BCUT2D eigenvalue weighted by Crippen LogP contribution is -2.24. The first-order valence-electron chi connectivity index (χ1n) is 3.97. The van der Waals surface area contributed by atoms with Gasteiger partial charge in [0, 0.05) is 6.92 Å². The highest BCUT2D eigenvalue weighted by Crippen LogP contribution is 1.91. The fourth-order valence-corrected chi connectivity index (χ4v) is 0.413. The minimum atomic E-state index is -1.18. The number of ketones is 1. The third kappa shape index (κ3) is 6.13. The first-order chi connectivity index (χ1) is 6.43. The summed E-state index contributed by atoms with van der Waals surface area (Å²) < 4.78 is 4.29. The Morgan fingerprint density at radius 3 is 2.21 bits per heavy atom. The molecule has 0 rings (SSSR count). The maximum absolute atomic E-state index is 10.8. The standard InChI is InChI=1S/C8H12O6/c1-5(2)13-14-8(11)7(10)4-12-6(3)9/h5H,4H2,1-3H3. The summed E-state index contributed by atoms with van der Waals surface area (Å²) in [5, 5.41) is 0. The van der Waals surface area contributed by atoms with E-state index in [1.165, 1.54) is 0 Å². The zero-order valence-corrected chi connectivity index (χ0v) is 8.23. The normalized spacial score (nSPS) is 9.71. The molecule has 80 valence electrons. The van der Waals surface area contributed by atoms with Crippen LogP contribution < -0.4 is 0 Å². The van der Waals surface area contributed by atoms with Gasteiger partial charge in [-0.25, -0.2) is 4.79 Å². The highest BCUT2D eigenvalue weighted by molar-refractivity contribution is 6.34. The molecule has 0 amide bonds. The maximum Gasteiger partial charge on any atom is 0.412 e. The number of esters is 1. The second-order valence-corrected chi connectivity index (χ2v) is 2.72. The molecular weight excluding hydrogens is 192 g/mol. The third-order valence-corrected chi connectivity index (χ3v) is 0.950. The number of ether oxygens (including phenoxy) is 1. The predicted octanol–water partition coefficient (Wildman–Crippen LogP) is 0.00180. The second-order valence-electron chi connectivity index (χ2n) is 2.72. The Balaban J connectivity index is 3.77. The molecule has 0 atom stereocenters. The van der Waals surface area contributed by atoms with Crippen LogP contribution in [0.1, 0.15) is 20.8 Å². The van der Waals surface area contributed by atoms with Gasteiger partial charge >= 0.3 is 11.9 Å². The molecule has 0 saturated heterocycles. The molecule has 0 bridgehead atoms. The van der Waals surface area contributed by atoms with Gasteiger partial charge in [0.05, 0.1) is 6.10 Å². The van der Waals surface area contributed by atoms with Crippen LogP contribution in [0.2, 0.25) is 0 Å². The molecule has 0 aliphatic rings. The third-order valence-electron chi connectivity index (χ3n) is 0.950. The molecule has 0 N–H and O–H groups in total. The van der Waals surface area contributed by atoms with Gasteiger partial charge in [-0.3, -0.25) is 14.5 Å². The first-order valence-corrected chi connectivity index (χ1v) is 3.97. The van der Waals surface area contributed by atoms with Crippen molar-refractivity contribution >= 4 is 17.7 Å². The van der Waals surface area contributed by atoms with E-state index in [-0.39, 0.29) is 6.10 Å². The Morgan fingerprint density at radius 2 is 1.79 bits per heavy atom. The Morgan fingerprint density at radius 1 is 1.21 bits per heavy atom. The fraction of sp³-hybridized carbons (Fsp3) is 0.625. The van der Waals surface area contributed by atoms with Crippen molar-refractivity contribution in [3.05, 3.63) is 0 Å². The van der Waals surface area contributed by atoms with Crippen molar-refractivity contribution in [2.45, 2.75) is 26.9 Å². The summed E-state index contributed by atoms with van der Waals surface area (Å²) in [6.07, 6.45) is -0.333. The lowest BCUT2D eigenvalue weighted by Gasteiger charge is -2.04. The number of carbonyl (C=O) groups is 3.